The van der Waals surface area contributed by atoms with E-state index in [1.54, 1.807) is 19.0 Å². The monoisotopic (exact) mass is 287 g/mol. The quantitative estimate of drug-likeness (QED) is 0.926. The molecule has 0 spiro atoms. The molecule has 0 saturated carbocycles. The van der Waals surface area contributed by atoms with E-state index in [2.05, 4.69) is 17.1 Å². The van der Waals surface area contributed by atoms with Crippen LogP contribution < -0.4 is 5.32 Å². The fourth-order valence-electron chi connectivity index (χ4n) is 3.50. The first-order valence-corrected chi connectivity index (χ1v) is 7.86. The lowest BCUT2D eigenvalue weighted by Crippen LogP contribution is -2.53. The van der Waals surface area contributed by atoms with Crippen LogP contribution in [0.5, 0.6) is 0 Å². The minimum absolute atomic E-state index is 0.0620. The summed E-state index contributed by atoms with van der Waals surface area (Å²) in [4.78, 5) is 16.3. The molecule has 2 bridgehead atoms. The number of anilines is 1. The van der Waals surface area contributed by atoms with Crippen molar-refractivity contribution in [2.45, 2.75) is 25.8 Å². The Balaban J connectivity index is 1.78. The number of amides is 1. The second kappa shape index (κ2) is 5.68. The van der Waals surface area contributed by atoms with E-state index in [1.807, 2.05) is 18.2 Å². The average Bonchev–Trinajstić information content (AvgIpc) is 2.50. The number of nitrogens with one attached hydrogen (secondary N) is 1. The van der Waals surface area contributed by atoms with Gasteiger partial charge < -0.3 is 15.1 Å². The predicted octanol–water partition coefficient (Wildman–Crippen LogP) is 2.20. The summed E-state index contributed by atoms with van der Waals surface area (Å²) in [5.74, 6) is 0.842. The van der Waals surface area contributed by atoms with Gasteiger partial charge in [0.15, 0.2) is 0 Å². The Morgan fingerprint density at radius 1 is 1.29 bits per heavy atom. The number of carbonyl (C=O) groups excluding carboxylic acids is 1. The molecule has 3 heterocycles. The van der Waals surface area contributed by atoms with Crippen LogP contribution in [-0.2, 0) is 0 Å². The van der Waals surface area contributed by atoms with Crippen molar-refractivity contribution in [3.8, 4) is 0 Å². The molecule has 114 valence electrons. The minimum Gasteiger partial charge on any atom is -0.381 e. The largest absolute Gasteiger partial charge is 0.381 e. The summed E-state index contributed by atoms with van der Waals surface area (Å²) in [6.07, 6.45) is 2.60. The van der Waals surface area contributed by atoms with E-state index in [9.17, 15) is 4.79 Å². The molecule has 3 aliphatic rings. The molecule has 0 radical (unpaired) electrons. The number of hydrogen-bond donors (Lipinski definition) is 1. The SMILES string of the molecule is Cc1ccc(C(=O)N(C)C)cc1NC1CN2CCC1CC2. The van der Waals surface area contributed by atoms with Crippen LogP contribution in [0.1, 0.15) is 28.8 Å². The first-order chi connectivity index (χ1) is 10.0. The fourth-order valence-corrected chi connectivity index (χ4v) is 3.50. The number of benzene rings is 1. The van der Waals surface area contributed by atoms with Gasteiger partial charge in [0.1, 0.15) is 0 Å². The van der Waals surface area contributed by atoms with E-state index in [-0.39, 0.29) is 5.91 Å². The summed E-state index contributed by atoms with van der Waals surface area (Å²) in [7, 11) is 3.59. The number of hydrogen-bond acceptors (Lipinski definition) is 3. The first kappa shape index (κ1) is 14.4. The summed E-state index contributed by atoms with van der Waals surface area (Å²) in [5.41, 5.74) is 3.08. The van der Waals surface area contributed by atoms with Gasteiger partial charge in [-0.25, -0.2) is 0 Å². The molecule has 21 heavy (non-hydrogen) atoms. The Kier molecular flexibility index (Phi) is 3.89. The van der Waals surface area contributed by atoms with E-state index in [1.165, 1.54) is 31.5 Å². The lowest BCUT2D eigenvalue weighted by Gasteiger charge is -2.45. The van der Waals surface area contributed by atoms with E-state index in [0.717, 1.165) is 23.7 Å². The molecule has 1 aromatic carbocycles. The van der Waals surface area contributed by atoms with Crippen molar-refractivity contribution in [2.24, 2.45) is 5.92 Å². The molecule has 4 heteroatoms. The number of carbonyl (C=O) groups is 1. The van der Waals surface area contributed by atoms with Gasteiger partial charge in [-0.1, -0.05) is 6.07 Å². The van der Waals surface area contributed by atoms with Crippen LogP contribution in [0.3, 0.4) is 0 Å². The van der Waals surface area contributed by atoms with Crippen LogP contribution >= 0.6 is 0 Å². The highest BCUT2D eigenvalue weighted by Gasteiger charge is 2.34. The smallest absolute Gasteiger partial charge is 0.253 e. The molecule has 1 atom stereocenters. The predicted molar refractivity (Wildman–Crippen MR) is 85.8 cm³/mol. The maximum Gasteiger partial charge on any atom is 0.253 e. The molecule has 1 aromatic rings. The third kappa shape index (κ3) is 2.91. The average molecular weight is 287 g/mol. The number of fused-ring (bicyclic) bond motifs is 3. The van der Waals surface area contributed by atoms with Gasteiger partial charge >= 0.3 is 0 Å². The van der Waals surface area contributed by atoms with Crippen LogP contribution in [0.4, 0.5) is 5.69 Å². The van der Waals surface area contributed by atoms with Gasteiger partial charge in [-0.05, 0) is 56.5 Å². The van der Waals surface area contributed by atoms with Gasteiger partial charge in [-0.2, -0.15) is 0 Å². The number of nitrogens with zero attached hydrogens (tertiary/aromatic N) is 2. The molecular weight excluding hydrogens is 262 g/mol. The molecule has 0 aromatic heterocycles. The summed E-state index contributed by atoms with van der Waals surface area (Å²) < 4.78 is 0. The van der Waals surface area contributed by atoms with E-state index in [0.29, 0.717) is 6.04 Å². The summed E-state index contributed by atoms with van der Waals surface area (Å²) in [5, 5.41) is 3.70. The first-order valence-electron chi connectivity index (χ1n) is 7.86. The molecule has 3 saturated heterocycles. The molecule has 4 rings (SSSR count). The van der Waals surface area contributed by atoms with E-state index < -0.39 is 0 Å². The molecule has 4 nitrogen and oxygen atoms in total. The minimum atomic E-state index is 0.0620. The highest BCUT2D eigenvalue weighted by Crippen LogP contribution is 2.30. The van der Waals surface area contributed by atoms with Gasteiger partial charge in [0.05, 0.1) is 0 Å². The zero-order valence-corrected chi connectivity index (χ0v) is 13.2. The highest BCUT2D eigenvalue weighted by molar-refractivity contribution is 5.95. The summed E-state index contributed by atoms with van der Waals surface area (Å²) in [6, 6.07) is 6.49. The van der Waals surface area contributed by atoms with Crippen LogP contribution in [0.25, 0.3) is 0 Å². The maximum atomic E-state index is 12.1. The maximum absolute atomic E-state index is 12.1. The third-order valence-electron chi connectivity index (χ3n) is 4.89. The van der Waals surface area contributed by atoms with Crippen molar-refractivity contribution in [3.63, 3.8) is 0 Å². The Labute approximate surface area is 127 Å². The Bertz CT molecular complexity index is 533. The molecule has 1 amide bonds. The Hall–Kier alpha value is -1.55. The van der Waals surface area contributed by atoms with Crippen molar-refractivity contribution in [3.05, 3.63) is 29.3 Å². The van der Waals surface area contributed by atoms with Crippen molar-refractivity contribution in [1.82, 2.24) is 9.80 Å². The molecular formula is C17H25N3O. The van der Waals surface area contributed by atoms with Crippen molar-refractivity contribution in [1.29, 1.82) is 0 Å². The van der Waals surface area contributed by atoms with Gasteiger partial charge in [0.25, 0.3) is 5.91 Å². The van der Waals surface area contributed by atoms with Crippen molar-refractivity contribution < 1.29 is 4.79 Å². The molecule has 1 unspecified atom stereocenters. The zero-order chi connectivity index (χ0) is 15.0. The standard InChI is InChI=1S/C17H25N3O/c1-12-4-5-14(17(21)19(2)3)10-15(12)18-16-11-20-8-6-13(16)7-9-20/h4-5,10,13,16,18H,6-9,11H2,1-3H3. The van der Waals surface area contributed by atoms with E-state index in [4.69, 9.17) is 0 Å². The van der Waals surface area contributed by atoms with E-state index >= 15 is 0 Å². The topological polar surface area (TPSA) is 35.6 Å². The van der Waals surface area contributed by atoms with Crippen LogP contribution in [0, 0.1) is 12.8 Å². The van der Waals surface area contributed by atoms with Gasteiger partial charge in [-0.3, -0.25) is 4.79 Å². The van der Waals surface area contributed by atoms with Gasteiger partial charge in [0.2, 0.25) is 0 Å². The van der Waals surface area contributed by atoms with Crippen LogP contribution in [0.15, 0.2) is 18.2 Å². The summed E-state index contributed by atoms with van der Waals surface area (Å²) in [6.45, 7) is 5.74. The van der Waals surface area contributed by atoms with Gasteiger partial charge in [0, 0.05) is 37.9 Å². The zero-order valence-electron chi connectivity index (χ0n) is 13.2. The number of rotatable bonds is 3. The normalized spacial score (nSPS) is 27.5. The molecule has 3 aliphatic heterocycles. The second-order valence-electron chi connectivity index (χ2n) is 6.62. The number of piperidine rings is 3. The lowest BCUT2D eigenvalue weighted by atomic mass is 9.84. The third-order valence-corrected chi connectivity index (χ3v) is 4.89. The molecule has 0 aliphatic carbocycles. The second-order valence-corrected chi connectivity index (χ2v) is 6.62. The Morgan fingerprint density at radius 3 is 2.57 bits per heavy atom. The number of aryl methyl sites for hydroxylation is 1. The fraction of sp³-hybridized carbons (Fsp3) is 0.588. The molecule has 3 fully saturated rings. The van der Waals surface area contributed by atoms with Crippen LogP contribution in [0.2, 0.25) is 0 Å². The van der Waals surface area contributed by atoms with Crippen LogP contribution in [-0.4, -0.2) is 55.5 Å². The molecule has 1 N–H and O–H groups in total. The highest BCUT2D eigenvalue weighted by atomic mass is 16.2. The summed E-state index contributed by atoms with van der Waals surface area (Å²) >= 11 is 0. The Morgan fingerprint density at radius 2 is 2.00 bits per heavy atom. The lowest BCUT2D eigenvalue weighted by molar-refractivity contribution is 0.0827. The van der Waals surface area contributed by atoms with Gasteiger partial charge in [-0.15, -0.1) is 0 Å². The van der Waals surface area contributed by atoms with Crippen molar-refractivity contribution >= 4 is 11.6 Å². The van der Waals surface area contributed by atoms with Crippen molar-refractivity contribution in [2.75, 3.05) is 39.0 Å².